The Kier molecular flexibility index (Phi) is 7.17. The molecule has 0 aromatic carbocycles. The number of anilines is 2. The van der Waals surface area contributed by atoms with E-state index >= 15 is 0 Å². The number of nitrogens with zero attached hydrogens (tertiary/aromatic N) is 7. The van der Waals surface area contributed by atoms with Crippen molar-refractivity contribution in [2.24, 2.45) is 0 Å². The van der Waals surface area contributed by atoms with Crippen molar-refractivity contribution in [3.8, 4) is 0 Å². The molecule has 4 aromatic rings. The summed E-state index contributed by atoms with van der Waals surface area (Å²) in [5.41, 5.74) is 11.0. The third kappa shape index (κ3) is 4.80. The molecule has 0 saturated carbocycles. The lowest BCUT2D eigenvalue weighted by Crippen LogP contribution is -2.36. The Labute approximate surface area is 232 Å². The van der Waals surface area contributed by atoms with Crippen LogP contribution in [0.25, 0.3) is 22.3 Å². The first kappa shape index (κ1) is 28.5. The molecule has 21 nitrogen and oxygen atoms in total. The number of nitrogens with one attached hydrogen (secondary N) is 1. The van der Waals surface area contributed by atoms with Crippen LogP contribution >= 0.6 is 7.82 Å². The number of phosphoric acid groups is 1. The number of phosphoric ester groups is 1. The first-order valence-corrected chi connectivity index (χ1v) is 13.8. The van der Waals surface area contributed by atoms with Crippen molar-refractivity contribution in [2.45, 2.75) is 49.1 Å². The van der Waals surface area contributed by atoms with Gasteiger partial charge in [-0.05, 0) is 0 Å². The predicted octanol–water partition coefficient (Wildman–Crippen LogP) is -3.50. The molecule has 0 radical (unpaired) electrons. The maximum absolute atomic E-state index is 13.0. The van der Waals surface area contributed by atoms with Gasteiger partial charge in [0, 0.05) is 0 Å². The molecular weight excluding hydrogens is 587 g/mol. The van der Waals surface area contributed by atoms with Gasteiger partial charge in [0.15, 0.2) is 35.1 Å². The number of ether oxygens (including phenoxy) is 2. The summed E-state index contributed by atoms with van der Waals surface area (Å²) in [5, 5.41) is 41.5. The molecule has 42 heavy (non-hydrogen) atoms. The molecule has 0 bridgehead atoms. The quantitative estimate of drug-likeness (QED) is 0.0894. The average Bonchev–Trinajstić information content (AvgIpc) is 3.69. The largest absolute Gasteiger partial charge is 0.472 e. The van der Waals surface area contributed by atoms with E-state index in [2.05, 4.69) is 29.9 Å². The highest BCUT2D eigenvalue weighted by Gasteiger charge is 2.50. The third-order valence-corrected chi connectivity index (χ3v) is 7.86. The molecule has 10 N–H and O–H groups in total. The lowest BCUT2D eigenvalue weighted by molar-refractivity contribution is -0.0615. The van der Waals surface area contributed by atoms with E-state index in [1.54, 1.807) is 0 Å². The molecule has 2 aliphatic heterocycles. The zero-order chi connectivity index (χ0) is 29.9. The number of hydrogen-bond acceptors (Lipinski definition) is 17. The van der Waals surface area contributed by atoms with E-state index in [4.69, 9.17) is 30.0 Å². The Morgan fingerprint density at radius 3 is 2.38 bits per heavy atom. The third-order valence-electron chi connectivity index (χ3n) is 6.87. The van der Waals surface area contributed by atoms with E-state index in [1.807, 2.05) is 0 Å². The fourth-order valence-corrected chi connectivity index (χ4v) is 5.77. The van der Waals surface area contributed by atoms with Crippen molar-refractivity contribution in [1.82, 2.24) is 39.0 Å². The maximum Gasteiger partial charge on any atom is 0.472 e. The number of aromatic amines is 1. The van der Waals surface area contributed by atoms with E-state index in [1.165, 1.54) is 17.2 Å². The second-order valence-corrected chi connectivity index (χ2v) is 10.9. The van der Waals surface area contributed by atoms with E-state index in [0.717, 1.165) is 10.9 Å². The van der Waals surface area contributed by atoms with Gasteiger partial charge in [-0.15, -0.1) is 0 Å². The SMILES string of the molecule is Nc1nc2c(ncn2[C@@H]2O[C@H](CO)[C@@H](O)[C@H]2OP(=O)(O)OC[C@H]2O[C@@H](n3cnc4c(N)ncnc43)[C@H](O)[C@@H]2O)c(=O)[nH]1. The first-order chi connectivity index (χ1) is 20.0. The number of aromatic nitrogens is 8. The summed E-state index contributed by atoms with van der Waals surface area (Å²) in [6, 6.07) is 0. The van der Waals surface area contributed by atoms with Crippen molar-refractivity contribution in [2.75, 3.05) is 24.7 Å². The zero-order valence-corrected chi connectivity index (χ0v) is 22.1. The van der Waals surface area contributed by atoms with E-state index < -0.39 is 75.7 Å². The number of H-pyrrole nitrogens is 1. The van der Waals surface area contributed by atoms with Crippen LogP contribution in [0, 0.1) is 0 Å². The second-order valence-electron chi connectivity index (χ2n) is 9.48. The summed E-state index contributed by atoms with van der Waals surface area (Å²) in [5.74, 6) is -0.171. The Morgan fingerprint density at radius 2 is 1.64 bits per heavy atom. The highest BCUT2D eigenvalue weighted by molar-refractivity contribution is 7.47. The topological polar surface area (TPSA) is 314 Å². The van der Waals surface area contributed by atoms with Crippen LogP contribution in [0.2, 0.25) is 0 Å². The molecule has 22 heteroatoms. The van der Waals surface area contributed by atoms with Gasteiger partial charge in [-0.25, -0.2) is 24.5 Å². The number of aliphatic hydroxyl groups excluding tert-OH is 4. The second kappa shape index (κ2) is 10.6. The van der Waals surface area contributed by atoms with Crippen molar-refractivity contribution in [3.63, 3.8) is 0 Å². The van der Waals surface area contributed by atoms with Gasteiger partial charge < -0.3 is 46.3 Å². The van der Waals surface area contributed by atoms with Crippen LogP contribution in [0.4, 0.5) is 11.8 Å². The molecule has 2 aliphatic rings. The van der Waals surface area contributed by atoms with Crippen LogP contribution < -0.4 is 17.0 Å². The predicted molar refractivity (Wildman–Crippen MR) is 136 cm³/mol. The minimum Gasteiger partial charge on any atom is -0.394 e. The number of nitrogens with two attached hydrogens (primary N) is 2. The highest BCUT2D eigenvalue weighted by atomic mass is 31.2. The lowest BCUT2D eigenvalue weighted by atomic mass is 10.1. The fourth-order valence-electron chi connectivity index (χ4n) is 4.84. The average molecular weight is 612 g/mol. The Morgan fingerprint density at radius 1 is 0.952 bits per heavy atom. The molecule has 226 valence electrons. The van der Waals surface area contributed by atoms with Gasteiger partial charge in [-0.1, -0.05) is 0 Å². The molecule has 0 spiro atoms. The van der Waals surface area contributed by atoms with Crippen LogP contribution in [0.3, 0.4) is 0 Å². The molecule has 9 atom stereocenters. The Bertz CT molecular complexity index is 1730. The summed E-state index contributed by atoms with van der Waals surface area (Å²) in [4.78, 5) is 44.9. The minimum absolute atomic E-state index is 0.0830. The van der Waals surface area contributed by atoms with E-state index in [-0.39, 0.29) is 34.1 Å². The lowest BCUT2D eigenvalue weighted by Gasteiger charge is -2.24. The molecule has 6 rings (SSSR count). The number of aliphatic hydroxyl groups is 4. The van der Waals surface area contributed by atoms with Gasteiger partial charge >= 0.3 is 7.82 Å². The van der Waals surface area contributed by atoms with E-state index in [0.29, 0.717) is 0 Å². The molecule has 0 aliphatic carbocycles. The first-order valence-electron chi connectivity index (χ1n) is 12.3. The van der Waals surface area contributed by atoms with Gasteiger partial charge in [-0.2, -0.15) is 4.98 Å². The molecular formula is C20H25N10O11P. The summed E-state index contributed by atoms with van der Waals surface area (Å²) < 4.78 is 37.0. The molecule has 0 amide bonds. The zero-order valence-electron chi connectivity index (χ0n) is 21.2. The summed E-state index contributed by atoms with van der Waals surface area (Å²) >= 11 is 0. The number of nitrogen functional groups attached to an aromatic ring is 2. The summed E-state index contributed by atoms with van der Waals surface area (Å²) in [7, 11) is -5.06. The standard InChI is InChI=1S/C20H25N10O11P/c21-14-8-15(24-3-23-14)29(4-25-8)18-12(34)10(32)7(40-18)2-38-42(36,37)41-13-11(33)6(1-31)39-19(13)30-5-26-9-16(30)27-20(22)28-17(9)35/h3-7,10-13,18-19,31-34H,1-2H2,(H,36,37)(H2,21,23,24)(H3,22,27,28,35)/t6-,7-,10-,11-,12-,13-,18-,19-/m1/s1. The van der Waals surface area contributed by atoms with Gasteiger partial charge in [0.25, 0.3) is 5.56 Å². The van der Waals surface area contributed by atoms with Gasteiger partial charge in [-0.3, -0.25) is 28.0 Å². The molecule has 6 heterocycles. The maximum atomic E-state index is 13.0. The molecule has 2 saturated heterocycles. The number of rotatable bonds is 8. The highest BCUT2D eigenvalue weighted by Crippen LogP contribution is 2.50. The summed E-state index contributed by atoms with van der Waals surface area (Å²) in [6.07, 6.45) is -8.05. The molecule has 1 unspecified atom stereocenters. The van der Waals surface area contributed by atoms with Crippen LogP contribution in [0.1, 0.15) is 12.5 Å². The van der Waals surface area contributed by atoms with Crippen LogP contribution in [0.15, 0.2) is 23.8 Å². The van der Waals surface area contributed by atoms with Crippen LogP contribution in [-0.2, 0) is 23.1 Å². The van der Waals surface area contributed by atoms with Gasteiger partial charge in [0.05, 0.1) is 25.9 Å². The fraction of sp³-hybridized carbons (Fsp3) is 0.500. The van der Waals surface area contributed by atoms with Crippen molar-refractivity contribution >= 4 is 41.9 Å². The van der Waals surface area contributed by atoms with Crippen LogP contribution in [-0.4, -0.2) is 114 Å². The van der Waals surface area contributed by atoms with Crippen LogP contribution in [0.5, 0.6) is 0 Å². The Hall–Kier alpha value is -3.63. The van der Waals surface area contributed by atoms with Crippen molar-refractivity contribution < 1.29 is 48.4 Å². The Balaban J connectivity index is 1.19. The molecule has 2 fully saturated rings. The van der Waals surface area contributed by atoms with Gasteiger partial charge in [0.1, 0.15) is 48.5 Å². The van der Waals surface area contributed by atoms with Crippen molar-refractivity contribution in [1.29, 1.82) is 0 Å². The van der Waals surface area contributed by atoms with Crippen molar-refractivity contribution in [3.05, 3.63) is 29.3 Å². The smallest absolute Gasteiger partial charge is 0.394 e. The number of imidazole rings is 2. The number of hydrogen-bond donors (Lipinski definition) is 8. The minimum atomic E-state index is -5.06. The van der Waals surface area contributed by atoms with E-state index in [9.17, 15) is 34.7 Å². The molecule has 4 aromatic heterocycles. The summed E-state index contributed by atoms with van der Waals surface area (Å²) in [6.45, 7) is -1.44. The van der Waals surface area contributed by atoms with Gasteiger partial charge in [0.2, 0.25) is 5.95 Å². The number of fused-ring (bicyclic) bond motifs is 2. The monoisotopic (exact) mass is 612 g/mol. The normalized spacial score (nSPS) is 31.3.